The number of anilines is 1. The molecule has 6 aromatic rings. The summed E-state index contributed by atoms with van der Waals surface area (Å²) in [4.78, 5) is 30.9. The lowest BCUT2D eigenvalue weighted by atomic mass is 9.80. The van der Waals surface area contributed by atoms with Crippen LogP contribution in [-0.4, -0.2) is 104 Å². The molecule has 0 bridgehead atoms. The van der Waals surface area contributed by atoms with E-state index in [0.29, 0.717) is 53.6 Å². The highest BCUT2D eigenvalue weighted by atomic mass is 31.2. The van der Waals surface area contributed by atoms with Crippen LogP contribution in [0.1, 0.15) is 89.9 Å². The summed E-state index contributed by atoms with van der Waals surface area (Å²) in [5.41, 5.74) is 2.75. The minimum atomic E-state index is -1.66. The van der Waals surface area contributed by atoms with Gasteiger partial charge < -0.3 is 38.0 Å². The maximum Gasteiger partial charge on any atom is 0.419 e. The van der Waals surface area contributed by atoms with Crippen LogP contribution in [0.5, 0.6) is 11.5 Å². The van der Waals surface area contributed by atoms with E-state index in [1.807, 2.05) is 92.1 Å². The standard InChI is InChI=1S/C50H62N9O8P/c1-34(2)59(35(3)4)68(64-27-13-25-51)67-42-28-44(58-33-56-45-46(53-31-54-47(45)58)52-26-24-39-29-57(32-55-39)48(60)66-49(5,6)7)65-43(42)30-63-50(36-14-11-10-12-15-36,37-16-20-40(61-8)21-17-37)38-18-22-41(62-9)23-19-38/h10-12,14-23,29,31-35,42-44H,13,24,26-28,30H2,1-9H3,(H,52,53,54)/t42-,43+,44+,68?/m0/s1. The molecule has 3 aromatic heterocycles. The van der Waals surface area contributed by atoms with Crippen LogP contribution in [0.3, 0.4) is 0 Å². The fourth-order valence-corrected chi connectivity index (χ4v) is 9.99. The van der Waals surface area contributed by atoms with Crippen LogP contribution >= 0.6 is 8.53 Å². The molecular formula is C50H62N9O8P. The number of carbonyl (C=O) groups is 1. The molecule has 17 nitrogen and oxygen atoms in total. The molecule has 1 fully saturated rings. The first kappa shape index (κ1) is 49.9. The Balaban J connectivity index is 1.21. The molecule has 0 spiro atoms. The molecule has 1 aliphatic heterocycles. The number of aromatic nitrogens is 6. The topological polar surface area (TPSA) is 182 Å². The summed E-state index contributed by atoms with van der Waals surface area (Å²) in [6, 6.07) is 28.3. The van der Waals surface area contributed by atoms with Gasteiger partial charge in [0.1, 0.15) is 47.7 Å². The van der Waals surface area contributed by atoms with Crippen molar-refractivity contribution in [3.8, 4) is 17.6 Å². The Bertz CT molecular complexity index is 2540. The molecule has 68 heavy (non-hydrogen) atoms. The van der Waals surface area contributed by atoms with Gasteiger partial charge in [0.25, 0.3) is 8.53 Å². The molecule has 3 aromatic carbocycles. The third kappa shape index (κ3) is 11.6. The third-order valence-corrected chi connectivity index (χ3v) is 13.4. The molecule has 7 rings (SSSR count). The lowest BCUT2D eigenvalue weighted by Gasteiger charge is -2.39. The number of methoxy groups -OCH3 is 2. The normalized spacial score (nSPS) is 16.9. The maximum absolute atomic E-state index is 12.6. The van der Waals surface area contributed by atoms with Crippen LogP contribution in [-0.2, 0) is 35.3 Å². The number of benzene rings is 3. The van der Waals surface area contributed by atoms with Gasteiger partial charge in [0.2, 0.25) is 0 Å². The van der Waals surface area contributed by atoms with Crippen molar-refractivity contribution in [3.63, 3.8) is 0 Å². The summed E-state index contributed by atoms with van der Waals surface area (Å²) < 4.78 is 50.1. The zero-order valence-electron chi connectivity index (χ0n) is 40.2. The van der Waals surface area contributed by atoms with Crippen molar-refractivity contribution in [2.45, 2.75) is 109 Å². The largest absolute Gasteiger partial charge is 0.497 e. The van der Waals surface area contributed by atoms with Gasteiger partial charge in [0.15, 0.2) is 17.0 Å². The summed E-state index contributed by atoms with van der Waals surface area (Å²) in [5, 5.41) is 12.9. The highest BCUT2D eigenvalue weighted by Crippen LogP contribution is 2.51. The Labute approximate surface area is 399 Å². The lowest BCUT2D eigenvalue weighted by Crippen LogP contribution is -2.39. The van der Waals surface area contributed by atoms with Crippen molar-refractivity contribution in [3.05, 3.63) is 126 Å². The van der Waals surface area contributed by atoms with Crippen LogP contribution in [0.15, 0.2) is 104 Å². The van der Waals surface area contributed by atoms with E-state index >= 15 is 0 Å². The molecule has 1 unspecified atom stereocenters. The van der Waals surface area contributed by atoms with Crippen molar-refractivity contribution in [1.29, 1.82) is 5.26 Å². The predicted octanol–water partition coefficient (Wildman–Crippen LogP) is 9.44. The Morgan fingerprint density at radius 3 is 2.15 bits per heavy atom. The second kappa shape index (κ2) is 22.4. The van der Waals surface area contributed by atoms with Gasteiger partial charge in [0.05, 0.1) is 58.0 Å². The van der Waals surface area contributed by atoms with Crippen LogP contribution < -0.4 is 14.8 Å². The average molecular weight is 948 g/mol. The predicted molar refractivity (Wildman–Crippen MR) is 258 cm³/mol. The number of hydrogen-bond acceptors (Lipinski definition) is 15. The second-order valence-electron chi connectivity index (χ2n) is 17.8. The fourth-order valence-electron chi connectivity index (χ4n) is 8.23. The smallest absolute Gasteiger partial charge is 0.419 e. The number of nitrogens with zero attached hydrogens (tertiary/aromatic N) is 8. The van der Waals surface area contributed by atoms with Gasteiger partial charge in [0, 0.05) is 37.7 Å². The molecular weight excluding hydrogens is 886 g/mol. The van der Waals surface area contributed by atoms with E-state index in [1.54, 1.807) is 26.7 Å². The summed E-state index contributed by atoms with van der Waals surface area (Å²) >= 11 is 0. The fraction of sp³-hybridized carbons (Fsp3) is 0.440. The van der Waals surface area contributed by atoms with E-state index in [4.69, 9.17) is 37.7 Å². The quantitative estimate of drug-likeness (QED) is 0.0409. The summed E-state index contributed by atoms with van der Waals surface area (Å²) in [7, 11) is 1.63. The number of imidazole rings is 2. The number of nitriles is 1. The molecule has 4 atom stereocenters. The highest BCUT2D eigenvalue weighted by Gasteiger charge is 2.45. The number of rotatable bonds is 21. The number of ether oxygens (including phenoxy) is 5. The Hall–Kier alpha value is -5.99. The van der Waals surface area contributed by atoms with Gasteiger partial charge in [-0.1, -0.05) is 54.6 Å². The molecule has 0 radical (unpaired) electrons. The van der Waals surface area contributed by atoms with E-state index in [0.717, 1.165) is 16.7 Å². The van der Waals surface area contributed by atoms with Gasteiger partial charge in [-0.25, -0.2) is 34.0 Å². The molecule has 1 aliphatic rings. The Morgan fingerprint density at radius 2 is 1.54 bits per heavy atom. The van der Waals surface area contributed by atoms with Crippen LogP contribution in [0.4, 0.5) is 10.6 Å². The van der Waals surface area contributed by atoms with Crippen LogP contribution in [0, 0.1) is 11.3 Å². The molecule has 1 N–H and O–H groups in total. The molecule has 0 amide bonds. The van der Waals surface area contributed by atoms with Crippen molar-refractivity contribution < 1.29 is 37.5 Å². The van der Waals surface area contributed by atoms with Crippen molar-refractivity contribution >= 4 is 31.6 Å². The van der Waals surface area contributed by atoms with E-state index in [9.17, 15) is 10.1 Å². The zero-order valence-corrected chi connectivity index (χ0v) is 41.1. The molecule has 360 valence electrons. The lowest BCUT2D eigenvalue weighted by molar-refractivity contribution is -0.0912. The second-order valence-corrected chi connectivity index (χ2v) is 19.3. The van der Waals surface area contributed by atoms with Crippen molar-refractivity contribution in [2.75, 3.05) is 39.3 Å². The average Bonchev–Trinajstić information content (AvgIpc) is 4.09. The van der Waals surface area contributed by atoms with Crippen molar-refractivity contribution in [1.82, 2.24) is 33.7 Å². The zero-order chi connectivity index (χ0) is 48.4. The highest BCUT2D eigenvalue weighted by molar-refractivity contribution is 7.44. The molecule has 4 heterocycles. The van der Waals surface area contributed by atoms with Crippen molar-refractivity contribution in [2.24, 2.45) is 0 Å². The van der Waals surface area contributed by atoms with Gasteiger partial charge in [-0.3, -0.25) is 4.57 Å². The Morgan fingerprint density at radius 1 is 0.897 bits per heavy atom. The van der Waals surface area contributed by atoms with Gasteiger partial charge in [-0.2, -0.15) is 5.26 Å². The van der Waals surface area contributed by atoms with E-state index < -0.39 is 44.3 Å². The summed E-state index contributed by atoms with van der Waals surface area (Å²) in [6.07, 6.45) is 5.23. The van der Waals surface area contributed by atoms with E-state index in [2.05, 4.69) is 70.8 Å². The Kier molecular flexibility index (Phi) is 16.4. The molecule has 18 heteroatoms. The minimum Gasteiger partial charge on any atom is -0.497 e. The molecule has 1 saturated heterocycles. The van der Waals surface area contributed by atoms with Gasteiger partial charge >= 0.3 is 6.09 Å². The summed E-state index contributed by atoms with van der Waals surface area (Å²) in [6.45, 7) is 14.7. The number of hydrogen-bond donors (Lipinski definition) is 1. The third-order valence-electron chi connectivity index (χ3n) is 11.3. The van der Waals surface area contributed by atoms with Gasteiger partial charge in [-0.05, 0) is 89.4 Å². The monoisotopic (exact) mass is 947 g/mol. The first-order valence-electron chi connectivity index (χ1n) is 22.8. The first-order valence-corrected chi connectivity index (χ1v) is 23.9. The number of carbonyl (C=O) groups excluding carboxylic acids is 1. The minimum absolute atomic E-state index is 0.0766. The first-order chi connectivity index (χ1) is 32.7. The molecule has 0 aliphatic carbocycles. The van der Waals surface area contributed by atoms with Crippen LogP contribution in [0.25, 0.3) is 11.2 Å². The van der Waals surface area contributed by atoms with E-state index in [1.165, 1.54) is 17.2 Å². The SMILES string of the molecule is COc1ccc(C(OC[C@H]2O[C@@H](n3cnc4c(NCCc5cn(C(=O)OC(C)(C)C)cn5)ncnc43)C[C@@H]2OP(OCCC#N)N(C(C)C)C(C)C)(c2ccccc2)c2ccc(OC)cc2)cc1. The molecule has 0 saturated carbocycles. The van der Waals surface area contributed by atoms with Gasteiger partial charge in [-0.15, -0.1) is 0 Å². The number of fused-ring (bicyclic) bond motifs is 1. The summed E-state index contributed by atoms with van der Waals surface area (Å²) in [5.74, 6) is 1.97. The maximum atomic E-state index is 12.6. The van der Waals surface area contributed by atoms with Crippen LogP contribution in [0.2, 0.25) is 0 Å². The number of nitrogens with one attached hydrogen (secondary N) is 1. The van der Waals surface area contributed by atoms with E-state index in [-0.39, 0.29) is 31.7 Å².